The molecule has 0 radical (unpaired) electrons. The number of hydrogen-bond acceptors (Lipinski definition) is 3. The number of methoxy groups -OCH3 is 1. The van der Waals surface area contributed by atoms with Gasteiger partial charge in [0.05, 0.1) is 12.7 Å². The second-order valence-corrected chi connectivity index (χ2v) is 5.86. The van der Waals surface area contributed by atoms with E-state index in [4.69, 9.17) is 4.74 Å². The maximum absolute atomic E-state index is 12.2. The largest absolute Gasteiger partial charge is 0.507 e. The zero-order chi connectivity index (χ0) is 15.2. The molecule has 1 aromatic rings. The van der Waals surface area contributed by atoms with Crippen molar-refractivity contribution >= 4 is 5.91 Å². The van der Waals surface area contributed by atoms with E-state index in [-0.39, 0.29) is 17.7 Å². The molecule has 0 atom stereocenters. The van der Waals surface area contributed by atoms with Crippen molar-refractivity contribution in [3.63, 3.8) is 0 Å². The molecule has 1 aliphatic rings. The molecular weight excluding hydrogens is 266 g/mol. The Morgan fingerprint density at radius 3 is 2.62 bits per heavy atom. The minimum Gasteiger partial charge on any atom is -0.507 e. The van der Waals surface area contributed by atoms with Gasteiger partial charge in [0.1, 0.15) is 11.5 Å². The van der Waals surface area contributed by atoms with E-state index in [2.05, 4.69) is 12.2 Å². The van der Waals surface area contributed by atoms with Crippen molar-refractivity contribution in [2.75, 3.05) is 7.11 Å². The topological polar surface area (TPSA) is 58.6 Å². The molecule has 21 heavy (non-hydrogen) atoms. The van der Waals surface area contributed by atoms with E-state index in [1.54, 1.807) is 12.1 Å². The molecule has 0 bridgehead atoms. The standard InChI is InChI=1S/C17H25NO3/c1-3-4-12-5-7-13(8-6-12)18-17(20)15-10-9-14(21-2)11-16(15)19/h9-13,19H,3-8H2,1-2H3,(H,18,20). The van der Waals surface area contributed by atoms with Gasteiger partial charge in [-0.1, -0.05) is 19.8 Å². The zero-order valence-electron chi connectivity index (χ0n) is 12.9. The second-order valence-electron chi connectivity index (χ2n) is 5.86. The molecule has 2 rings (SSSR count). The highest BCUT2D eigenvalue weighted by Crippen LogP contribution is 2.28. The number of aromatic hydroxyl groups is 1. The molecular formula is C17H25NO3. The fourth-order valence-electron chi connectivity index (χ4n) is 3.10. The van der Waals surface area contributed by atoms with E-state index in [0.717, 1.165) is 18.8 Å². The third-order valence-corrected chi connectivity index (χ3v) is 4.33. The van der Waals surface area contributed by atoms with Gasteiger partial charge in [-0.3, -0.25) is 4.79 Å². The fraction of sp³-hybridized carbons (Fsp3) is 0.588. The summed E-state index contributed by atoms with van der Waals surface area (Å²) in [6.07, 6.45) is 6.97. The molecule has 0 heterocycles. The summed E-state index contributed by atoms with van der Waals surface area (Å²) in [6.45, 7) is 2.22. The van der Waals surface area contributed by atoms with Crippen LogP contribution in [-0.4, -0.2) is 24.2 Å². The highest BCUT2D eigenvalue weighted by atomic mass is 16.5. The maximum Gasteiger partial charge on any atom is 0.255 e. The average molecular weight is 291 g/mol. The summed E-state index contributed by atoms with van der Waals surface area (Å²) in [5, 5.41) is 12.9. The molecule has 0 aliphatic heterocycles. The first-order valence-corrected chi connectivity index (χ1v) is 7.82. The Hall–Kier alpha value is -1.71. The normalized spacial score (nSPS) is 21.8. The molecule has 1 fully saturated rings. The van der Waals surface area contributed by atoms with Crippen LogP contribution in [0.1, 0.15) is 55.8 Å². The van der Waals surface area contributed by atoms with Crippen LogP contribution in [0.2, 0.25) is 0 Å². The summed E-state index contributed by atoms with van der Waals surface area (Å²) >= 11 is 0. The number of amides is 1. The van der Waals surface area contributed by atoms with Crippen molar-refractivity contribution in [3.05, 3.63) is 23.8 Å². The third kappa shape index (κ3) is 4.13. The Bertz CT molecular complexity index is 479. The predicted octanol–water partition coefficient (Wildman–Crippen LogP) is 3.49. The van der Waals surface area contributed by atoms with Gasteiger partial charge in [0, 0.05) is 12.1 Å². The molecule has 116 valence electrons. The zero-order valence-corrected chi connectivity index (χ0v) is 12.9. The van der Waals surface area contributed by atoms with Crippen LogP contribution in [0.25, 0.3) is 0 Å². The van der Waals surface area contributed by atoms with Crippen LogP contribution in [-0.2, 0) is 0 Å². The highest BCUT2D eigenvalue weighted by Gasteiger charge is 2.23. The van der Waals surface area contributed by atoms with Crippen molar-refractivity contribution in [1.82, 2.24) is 5.32 Å². The molecule has 1 aromatic carbocycles. The van der Waals surface area contributed by atoms with Crippen LogP contribution in [0, 0.1) is 5.92 Å². The van der Waals surface area contributed by atoms with Gasteiger partial charge in [-0.25, -0.2) is 0 Å². The average Bonchev–Trinajstić information content (AvgIpc) is 2.49. The molecule has 1 saturated carbocycles. The van der Waals surface area contributed by atoms with Crippen molar-refractivity contribution in [2.24, 2.45) is 5.92 Å². The van der Waals surface area contributed by atoms with Gasteiger partial charge in [0.25, 0.3) is 5.91 Å². The smallest absolute Gasteiger partial charge is 0.255 e. The van der Waals surface area contributed by atoms with Crippen molar-refractivity contribution < 1.29 is 14.6 Å². The number of rotatable bonds is 5. The van der Waals surface area contributed by atoms with E-state index in [1.807, 2.05) is 0 Å². The molecule has 4 nitrogen and oxygen atoms in total. The summed E-state index contributed by atoms with van der Waals surface area (Å²) in [6, 6.07) is 4.98. The van der Waals surface area contributed by atoms with Crippen LogP contribution < -0.4 is 10.1 Å². The van der Waals surface area contributed by atoms with Crippen LogP contribution >= 0.6 is 0 Å². The lowest BCUT2D eigenvalue weighted by Gasteiger charge is -2.29. The Kier molecular flexibility index (Phi) is 5.48. The minimum atomic E-state index is -0.200. The van der Waals surface area contributed by atoms with Crippen molar-refractivity contribution in [1.29, 1.82) is 0 Å². The molecule has 4 heteroatoms. The monoisotopic (exact) mass is 291 g/mol. The quantitative estimate of drug-likeness (QED) is 0.873. The molecule has 2 N–H and O–H groups in total. The van der Waals surface area contributed by atoms with Crippen LogP contribution in [0.5, 0.6) is 11.5 Å². The molecule has 0 aromatic heterocycles. The minimum absolute atomic E-state index is 0.0356. The first-order valence-electron chi connectivity index (χ1n) is 7.82. The molecule has 1 amide bonds. The van der Waals surface area contributed by atoms with Gasteiger partial charge < -0.3 is 15.2 Å². The van der Waals surface area contributed by atoms with Crippen LogP contribution in [0.4, 0.5) is 0 Å². The Morgan fingerprint density at radius 2 is 2.05 bits per heavy atom. The third-order valence-electron chi connectivity index (χ3n) is 4.33. The maximum atomic E-state index is 12.2. The predicted molar refractivity (Wildman–Crippen MR) is 82.8 cm³/mol. The van der Waals surface area contributed by atoms with Gasteiger partial charge in [0.15, 0.2) is 0 Å². The first-order chi connectivity index (χ1) is 10.1. The van der Waals surface area contributed by atoms with Gasteiger partial charge >= 0.3 is 0 Å². The lowest BCUT2D eigenvalue weighted by atomic mass is 9.83. The second kappa shape index (κ2) is 7.34. The summed E-state index contributed by atoms with van der Waals surface area (Å²) < 4.78 is 5.02. The Balaban J connectivity index is 1.90. The number of carbonyl (C=O) groups is 1. The van der Waals surface area contributed by atoms with Crippen molar-refractivity contribution in [3.8, 4) is 11.5 Å². The number of phenolic OH excluding ortho intramolecular Hbond substituents is 1. The van der Waals surface area contributed by atoms with E-state index >= 15 is 0 Å². The van der Waals surface area contributed by atoms with Gasteiger partial charge in [-0.15, -0.1) is 0 Å². The number of hydrogen-bond donors (Lipinski definition) is 2. The SMILES string of the molecule is CCCC1CCC(NC(=O)c2ccc(OC)cc2O)CC1. The van der Waals surface area contributed by atoms with Gasteiger partial charge in [-0.05, 0) is 43.7 Å². The molecule has 0 unspecified atom stereocenters. The number of benzene rings is 1. The summed E-state index contributed by atoms with van der Waals surface area (Å²) in [4.78, 5) is 12.2. The molecule has 1 aliphatic carbocycles. The van der Waals surface area contributed by atoms with E-state index in [9.17, 15) is 9.90 Å². The van der Waals surface area contributed by atoms with Gasteiger partial charge in [-0.2, -0.15) is 0 Å². The summed E-state index contributed by atoms with van der Waals surface area (Å²) in [7, 11) is 1.53. The number of nitrogens with one attached hydrogen (secondary N) is 1. The lowest BCUT2D eigenvalue weighted by Crippen LogP contribution is -2.37. The number of carbonyl (C=O) groups excluding carboxylic acids is 1. The van der Waals surface area contributed by atoms with Crippen LogP contribution in [0.15, 0.2) is 18.2 Å². The summed E-state index contributed by atoms with van der Waals surface area (Å²) in [5.74, 6) is 1.13. The lowest BCUT2D eigenvalue weighted by molar-refractivity contribution is 0.0918. The molecule has 0 saturated heterocycles. The fourth-order valence-corrected chi connectivity index (χ4v) is 3.10. The number of phenols is 1. The van der Waals surface area contributed by atoms with E-state index in [1.165, 1.54) is 38.9 Å². The molecule has 0 spiro atoms. The van der Waals surface area contributed by atoms with E-state index in [0.29, 0.717) is 11.3 Å². The Morgan fingerprint density at radius 1 is 1.33 bits per heavy atom. The van der Waals surface area contributed by atoms with Crippen molar-refractivity contribution in [2.45, 2.75) is 51.5 Å². The van der Waals surface area contributed by atoms with Gasteiger partial charge in [0.2, 0.25) is 0 Å². The number of ether oxygens (including phenoxy) is 1. The first kappa shape index (κ1) is 15.7. The van der Waals surface area contributed by atoms with E-state index < -0.39 is 0 Å². The highest BCUT2D eigenvalue weighted by molar-refractivity contribution is 5.97. The van der Waals surface area contributed by atoms with Crippen LogP contribution in [0.3, 0.4) is 0 Å². The summed E-state index contributed by atoms with van der Waals surface area (Å²) in [5.41, 5.74) is 0.312. The Labute approximate surface area is 126 Å².